The molecule has 3 aromatic carbocycles. The van der Waals surface area contributed by atoms with E-state index in [1.54, 1.807) is 36.4 Å². The summed E-state index contributed by atoms with van der Waals surface area (Å²) in [6.45, 7) is 3.70. The molecule has 0 saturated heterocycles. The molecule has 2 unspecified atom stereocenters. The van der Waals surface area contributed by atoms with Crippen LogP contribution in [0.25, 0.3) is 28.3 Å². The summed E-state index contributed by atoms with van der Waals surface area (Å²) >= 11 is 0. The Bertz CT molecular complexity index is 1150. The normalized spacial score (nSPS) is 18.1. The molecule has 4 heteroatoms. The van der Waals surface area contributed by atoms with Crippen LogP contribution in [0, 0.1) is 17.6 Å². The van der Waals surface area contributed by atoms with Crippen molar-refractivity contribution in [1.82, 2.24) is 0 Å². The summed E-state index contributed by atoms with van der Waals surface area (Å²) in [6.07, 6.45) is 6.20. The third-order valence-corrected chi connectivity index (χ3v) is 6.40. The first-order valence-corrected chi connectivity index (χ1v) is 11.2. The maximum Gasteiger partial charge on any atom is 0.167 e. The van der Waals surface area contributed by atoms with Crippen LogP contribution in [0.4, 0.5) is 13.2 Å². The lowest BCUT2D eigenvalue weighted by molar-refractivity contribution is 0.0914. The summed E-state index contributed by atoms with van der Waals surface area (Å²) in [4.78, 5) is 0. The van der Waals surface area contributed by atoms with Crippen molar-refractivity contribution in [2.24, 2.45) is 5.92 Å². The van der Waals surface area contributed by atoms with Crippen molar-refractivity contribution < 1.29 is 17.9 Å². The number of aryl methyl sites for hydroxylation is 1. The highest BCUT2D eigenvalue weighted by Crippen LogP contribution is 2.33. The van der Waals surface area contributed by atoms with Crippen LogP contribution >= 0.6 is 0 Å². The van der Waals surface area contributed by atoms with Gasteiger partial charge >= 0.3 is 0 Å². The maximum atomic E-state index is 14.9. The first-order chi connectivity index (χ1) is 16.0. The second-order valence-corrected chi connectivity index (χ2v) is 8.46. The maximum absolute atomic E-state index is 14.9. The van der Waals surface area contributed by atoms with E-state index < -0.39 is 17.7 Å². The van der Waals surface area contributed by atoms with E-state index in [1.165, 1.54) is 7.11 Å². The summed E-state index contributed by atoms with van der Waals surface area (Å²) in [6, 6.07) is 17.9. The lowest BCUT2D eigenvalue weighted by atomic mass is 9.88. The van der Waals surface area contributed by atoms with Gasteiger partial charge in [0.25, 0.3) is 0 Å². The van der Waals surface area contributed by atoms with Gasteiger partial charge < -0.3 is 4.74 Å². The van der Waals surface area contributed by atoms with Gasteiger partial charge in [0.05, 0.1) is 0 Å². The summed E-state index contributed by atoms with van der Waals surface area (Å²) in [5.74, 6) is -1.70. The van der Waals surface area contributed by atoms with E-state index in [0.717, 1.165) is 30.4 Å². The van der Waals surface area contributed by atoms with E-state index in [-0.39, 0.29) is 22.9 Å². The SMILES string of the molecule is C=Cc1ccc(-c2ccc(-c3ccc(CCC4C=C(F)C(OC)CC4)cc3)c(F)c2F)cc1. The van der Waals surface area contributed by atoms with E-state index in [1.807, 2.05) is 36.4 Å². The number of hydrogen-bond donors (Lipinski definition) is 0. The Morgan fingerprint density at radius 3 is 1.94 bits per heavy atom. The zero-order valence-electron chi connectivity index (χ0n) is 18.7. The highest BCUT2D eigenvalue weighted by Gasteiger charge is 2.22. The van der Waals surface area contributed by atoms with Gasteiger partial charge in [-0.3, -0.25) is 0 Å². The van der Waals surface area contributed by atoms with E-state index in [0.29, 0.717) is 17.5 Å². The highest BCUT2D eigenvalue weighted by atomic mass is 19.2. The molecule has 2 atom stereocenters. The molecule has 0 N–H and O–H groups in total. The second kappa shape index (κ2) is 10.2. The third-order valence-electron chi connectivity index (χ3n) is 6.40. The summed E-state index contributed by atoms with van der Waals surface area (Å²) in [7, 11) is 1.53. The summed E-state index contributed by atoms with van der Waals surface area (Å²) < 4.78 is 48.9. The lowest BCUT2D eigenvalue weighted by Gasteiger charge is -2.23. The molecule has 0 aromatic heterocycles. The zero-order valence-corrected chi connectivity index (χ0v) is 18.7. The average Bonchev–Trinajstić information content (AvgIpc) is 2.85. The number of allylic oxidation sites excluding steroid dienone is 1. The smallest absolute Gasteiger partial charge is 0.167 e. The Hall–Kier alpha value is -3.11. The molecule has 0 amide bonds. The van der Waals surface area contributed by atoms with Gasteiger partial charge in [0, 0.05) is 18.2 Å². The Kier molecular flexibility index (Phi) is 7.14. The van der Waals surface area contributed by atoms with E-state index in [4.69, 9.17) is 4.74 Å². The van der Waals surface area contributed by atoms with E-state index >= 15 is 0 Å². The van der Waals surface area contributed by atoms with Crippen LogP contribution in [0.5, 0.6) is 0 Å². The van der Waals surface area contributed by atoms with Crippen LogP contribution in [0.15, 0.2) is 79.1 Å². The predicted molar refractivity (Wildman–Crippen MR) is 128 cm³/mol. The summed E-state index contributed by atoms with van der Waals surface area (Å²) in [5.41, 5.74) is 3.70. The Labute approximate surface area is 193 Å². The second-order valence-electron chi connectivity index (χ2n) is 8.46. The number of ether oxygens (including phenoxy) is 1. The van der Waals surface area contributed by atoms with Crippen LogP contribution in [0.1, 0.15) is 30.4 Å². The van der Waals surface area contributed by atoms with Gasteiger partial charge in [0.2, 0.25) is 0 Å². The van der Waals surface area contributed by atoms with Crippen molar-refractivity contribution in [2.75, 3.05) is 7.11 Å². The van der Waals surface area contributed by atoms with Crippen molar-refractivity contribution in [3.8, 4) is 22.3 Å². The molecule has 4 rings (SSSR count). The van der Waals surface area contributed by atoms with Gasteiger partial charge in [-0.15, -0.1) is 0 Å². The zero-order chi connectivity index (χ0) is 23.4. The minimum atomic E-state index is -0.858. The molecule has 0 aliphatic heterocycles. The Balaban J connectivity index is 1.47. The fourth-order valence-corrected chi connectivity index (χ4v) is 4.37. The molecule has 0 spiro atoms. The van der Waals surface area contributed by atoms with Gasteiger partial charge in [-0.2, -0.15) is 0 Å². The minimum absolute atomic E-state index is 0.179. The standard InChI is InChI=1S/C29H27F3O/c1-3-19-6-11-22(12-7-19)24-15-16-25(29(32)28(24)31)23-13-8-20(9-14-23)4-5-21-10-17-27(33-2)26(30)18-21/h3,6-9,11-16,18,21,27H,1,4-5,10,17H2,2H3. The molecule has 33 heavy (non-hydrogen) atoms. The number of methoxy groups -OCH3 is 1. The number of rotatable bonds is 7. The third kappa shape index (κ3) is 5.12. The van der Waals surface area contributed by atoms with Crippen LogP contribution in [-0.2, 0) is 11.2 Å². The lowest BCUT2D eigenvalue weighted by Crippen LogP contribution is -2.19. The molecule has 3 aromatic rings. The fraction of sp³-hybridized carbons (Fsp3) is 0.241. The molecule has 1 aliphatic carbocycles. The summed E-state index contributed by atoms with van der Waals surface area (Å²) in [5, 5.41) is 0. The van der Waals surface area contributed by atoms with Gasteiger partial charge in [-0.05, 0) is 59.9 Å². The molecule has 0 fully saturated rings. The van der Waals surface area contributed by atoms with Gasteiger partial charge in [-0.25, -0.2) is 13.2 Å². The van der Waals surface area contributed by atoms with Crippen molar-refractivity contribution in [3.05, 3.63) is 102 Å². The monoisotopic (exact) mass is 448 g/mol. The van der Waals surface area contributed by atoms with Gasteiger partial charge in [-0.1, -0.05) is 73.3 Å². The molecule has 1 nitrogen and oxygen atoms in total. The molecule has 0 heterocycles. The first kappa shape index (κ1) is 23.1. The molecular weight excluding hydrogens is 421 g/mol. The highest BCUT2D eigenvalue weighted by molar-refractivity contribution is 5.72. The van der Waals surface area contributed by atoms with Crippen LogP contribution in [0.2, 0.25) is 0 Å². The Morgan fingerprint density at radius 2 is 1.42 bits per heavy atom. The quantitative estimate of drug-likeness (QED) is 0.354. The van der Waals surface area contributed by atoms with E-state index in [2.05, 4.69) is 6.58 Å². The number of benzene rings is 3. The van der Waals surface area contributed by atoms with Crippen LogP contribution in [0.3, 0.4) is 0 Å². The van der Waals surface area contributed by atoms with Crippen LogP contribution in [-0.4, -0.2) is 13.2 Å². The van der Waals surface area contributed by atoms with Gasteiger partial charge in [0.15, 0.2) is 11.6 Å². The van der Waals surface area contributed by atoms with Crippen LogP contribution < -0.4 is 0 Å². The number of hydrogen-bond acceptors (Lipinski definition) is 1. The van der Waals surface area contributed by atoms with Gasteiger partial charge in [0.1, 0.15) is 11.9 Å². The average molecular weight is 449 g/mol. The molecule has 0 radical (unpaired) electrons. The Morgan fingerprint density at radius 1 is 0.848 bits per heavy atom. The largest absolute Gasteiger partial charge is 0.374 e. The van der Waals surface area contributed by atoms with E-state index in [9.17, 15) is 13.2 Å². The first-order valence-electron chi connectivity index (χ1n) is 11.2. The molecule has 1 aliphatic rings. The van der Waals surface area contributed by atoms with Crippen molar-refractivity contribution in [2.45, 2.75) is 31.8 Å². The van der Waals surface area contributed by atoms with Crippen molar-refractivity contribution in [1.29, 1.82) is 0 Å². The molecule has 0 saturated carbocycles. The van der Waals surface area contributed by atoms with Crippen molar-refractivity contribution in [3.63, 3.8) is 0 Å². The molecule has 0 bridgehead atoms. The number of halogens is 3. The molecule has 170 valence electrons. The predicted octanol–water partition coefficient (Wildman–Crippen LogP) is 8.15. The topological polar surface area (TPSA) is 9.23 Å². The van der Waals surface area contributed by atoms with Crippen molar-refractivity contribution >= 4 is 6.08 Å². The molecular formula is C29H27F3O. The fourth-order valence-electron chi connectivity index (χ4n) is 4.37. The minimum Gasteiger partial charge on any atom is -0.374 e.